The van der Waals surface area contributed by atoms with E-state index in [0.29, 0.717) is 0 Å². The van der Waals surface area contributed by atoms with E-state index in [9.17, 15) is 4.79 Å². The summed E-state index contributed by atoms with van der Waals surface area (Å²) < 4.78 is 6.44. The minimum Gasteiger partial charge on any atom is -0.387 e. The molecule has 7 nitrogen and oxygen atoms in total. The van der Waals surface area contributed by atoms with E-state index in [1.807, 2.05) is 0 Å². The number of aldehydes is 1. The molecule has 0 bridgehead atoms. The van der Waals surface area contributed by atoms with Gasteiger partial charge in [0, 0.05) is 0 Å². The molecule has 7 heteroatoms. The fourth-order valence-corrected chi connectivity index (χ4v) is 0.671. The van der Waals surface area contributed by atoms with Gasteiger partial charge in [-0.1, -0.05) is 0 Å². The molecule has 0 aliphatic rings. The monoisotopic (exact) mass is 196 g/mol. The number of carbonyl (C=O) groups excluding carboxylic acids is 1. The van der Waals surface area contributed by atoms with E-state index in [1.54, 1.807) is 0 Å². The third-order valence-corrected chi connectivity index (χ3v) is 1.51. The maximum Gasteiger partial charge on any atom is 0.151 e. The van der Waals surface area contributed by atoms with Crippen molar-refractivity contribution < 1.29 is 31.7 Å². The van der Waals surface area contributed by atoms with Crippen molar-refractivity contribution in [2.45, 2.75) is 30.6 Å². The molecule has 0 saturated heterocycles. The number of aliphatic hydroxyl groups is 5. The Balaban J connectivity index is 4.29. The molecular formula is C6H13NO6. The quantitative estimate of drug-likeness (QED) is 0.187. The Kier molecular flexibility index (Phi) is 4.22. The molecule has 1 unspecified atom stereocenters. The van der Waals surface area contributed by atoms with Crippen LogP contribution in [0.1, 0.15) is 0 Å². The van der Waals surface area contributed by atoms with Crippen LogP contribution < -0.4 is 5.73 Å². The van der Waals surface area contributed by atoms with Gasteiger partial charge in [0.1, 0.15) is 32.1 Å². The van der Waals surface area contributed by atoms with Gasteiger partial charge >= 0.3 is 0 Å². The molecule has 0 heterocycles. The Bertz CT molecular complexity index is 182. The summed E-state index contributed by atoms with van der Waals surface area (Å²) >= 11 is 0. The summed E-state index contributed by atoms with van der Waals surface area (Å²) in [6, 6.07) is 0. The summed E-state index contributed by atoms with van der Waals surface area (Å²) in [4.78, 5) is 9.99. The Morgan fingerprint density at radius 3 is 2.00 bits per heavy atom. The topological polar surface area (TPSA) is 144 Å². The summed E-state index contributed by atoms with van der Waals surface area (Å²) in [5, 5.41) is 44.7. The third kappa shape index (κ3) is 3.35. The van der Waals surface area contributed by atoms with Gasteiger partial charge in [-0.25, -0.2) is 0 Å². The molecule has 0 aromatic heterocycles. The molecule has 13 heavy (non-hydrogen) atoms. The Labute approximate surface area is 75.5 Å². The van der Waals surface area contributed by atoms with E-state index in [2.05, 4.69) is 0 Å². The number of nitrogens with two attached hydrogens (primary N) is 1. The lowest BCUT2D eigenvalue weighted by atomic mass is 10.0. The van der Waals surface area contributed by atoms with Gasteiger partial charge in [-0.15, -0.1) is 0 Å². The van der Waals surface area contributed by atoms with Crippen LogP contribution in [0.2, 0.25) is 1.41 Å². The molecule has 0 saturated carbocycles. The molecule has 0 radical (unpaired) electrons. The van der Waals surface area contributed by atoms with Gasteiger partial charge in [0.05, 0.1) is 0 Å². The maximum atomic E-state index is 9.99. The summed E-state index contributed by atoms with van der Waals surface area (Å²) in [5.74, 6) is 0. The van der Waals surface area contributed by atoms with Gasteiger partial charge in [-0.2, -0.15) is 0 Å². The van der Waals surface area contributed by atoms with Crippen LogP contribution in [-0.4, -0.2) is 62.5 Å². The molecule has 7 N–H and O–H groups in total. The van der Waals surface area contributed by atoms with Gasteiger partial charge in [0.15, 0.2) is 6.29 Å². The molecule has 0 rings (SSSR count). The van der Waals surface area contributed by atoms with E-state index in [0.717, 1.165) is 0 Å². The van der Waals surface area contributed by atoms with Crippen LogP contribution in [-0.2, 0) is 4.79 Å². The fraction of sp³-hybridized carbons (Fsp3) is 0.833. The van der Waals surface area contributed by atoms with Crippen LogP contribution in [0.4, 0.5) is 0 Å². The summed E-state index contributed by atoms with van der Waals surface area (Å²) in [5.41, 5.74) is 1.47. The van der Waals surface area contributed by atoms with E-state index in [1.165, 1.54) is 5.73 Å². The third-order valence-electron chi connectivity index (χ3n) is 1.51. The van der Waals surface area contributed by atoms with Crippen molar-refractivity contribution in [3.8, 4) is 0 Å². The van der Waals surface area contributed by atoms with Gasteiger partial charge in [0.2, 0.25) is 0 Å². The van der Waals surface area contributed by atoms with Crippen LogP contribution in [0.15, 0.2) is 0 Å². The second-order valence-corrected chi connectivity index (χ2v) is 2.54. The molecule has 0 amide bonds. The van der Waals surface area contributed by atoms with Crippen LogP contribution in [0.5, 0.6) is 0 Å². The Morgan fingerprint density at radius 2 is 1.62 bits per heavy atom. The highest BCUT2D eigenvalue weighted by molar-refractivity contribution is 5.56. The van der Waals surface area contributed by atoms with Crippen molar-refractivity contribution in [2.75, 3.05) is 0 Å². The standard InChI is InChI=1S/C6H13NO6/c7-6(13)5(12)4(11)3(10)2(9)1-8/h1-6,9-13H,7H2/t2-,3+,4+,5-,6?/m0/s1/i/hD. The number of rotatable bonds is 6. The summed E-state index contributed by atoms with van der Waals surface area (Å²) in [7, 11) is 0. The number of hydrogen-bond donors (Lipinski definition) is 6. The zero-order chi connectivity index (χ0) is 11.3. The van der Waals surface area contributed by atoms with Gasteiger partial charge in [-0.3, -0.25) is 0 Å². The molecule has 0 spiro atoms. The predicted octanol–water partition coefficient (Wildman–Crippen LogP) is -4.09. The SMILES string of the molecule is [2H]NC(O)[C@@H](O)[C@H](O)[C@H](O)[C@@H](O)C=O. The van der Waals surface area contributed by atoms with Crippen LogP contribution in [0, 0.1) is 0 Å². The molecule has 0 aromatic rings. The van der Waals surface area contributed by atoms with E-state index in [4.69, 9.17) is 26.9 Å². The van der Waals surface area contributed by atoms with E-state index < -0.39 is 30.6 Å². The molecular weight excluding hydrogens is 182 g/mol. The average Bonchev–Trinajstić information content (AvgIpc) is 2.23. The second-order valence-electron chi connectivity index (χ2n) is 2.54. The normalized spacial score (nSPS) is 23.9. The maximum absolute atomic E-state index is 9.99. The summed E-state index contributed by atoms with van der Waals surface area (Å²) in [6.45, 7) is 0. The second kappa shape index (κ2) is 5.22. The Hall–Kier alpha value is -0.570. The highest BCUT2D eigenvalue weighted by Crippen LogP contribution is 2.05. The smallest absolute Gasteiger partial charge is 0.151 e. The molecule has 0 fully saturated rings. The molecule has 5 atom stereocenters. The minimum absolute atomic E-state index is 0.0267. The van der Waals surface area contributed by atoms with E-state index >= 15 is 0 Å². The first kappa shape index (κ1) is 10.5. The molecule has 78 valence electrons. The van der Waals surface area contributed by atoms with Crippen molar-refractivity contribution in [2.24, 2.45) is 5.73 Å². The zero-order valence-corrected chi connectivity index (χ0v) is 6.61. The van der Waals surface area contributed by atoms with E-state index in [-0.39, 0.29) is 6.29 Å². The first-order valence-corrected chi connectivity index (χ1v) is 3.48. The number of hydrogen-bond acceptors (Lipinski definition) is 7. The Morgan fingerprint density at radius 1 is 1.08 bits per heavy atom. The van der Waals surface area contributed by atoms with Gasteiger partial charge < -0.3 is 36.1 Å². The lowest BCUT2D eigenvalue weighted by Gasteiger charge is -2.25. The van der Waals surface area contributed by atoms with Crippen molar-refractivity contribution in [1.82, 2.24) is 0 Å². The molecule has 0 aromatic carbocycles. The highest BCUT2D eigenvalue weighted by Gasteiger charge is 2.32. The van der Waals surface area contributed by atoms with Crippen molar-refractivity contribution in [3.05, 3.63) is 0 Å². The lowest BCUT2D eigenvalue weighted by Crippen LogP contribution is -2.51. The largest absolute Gasteiger partial charge is 0.387 e. The predicted molar refractivity (Wildman–Crippen MR) is 40.3 cm³/mol. The first-order valence-electron chi connectivity index (χ1n) is 3.98. The van der Waals surface area contributed by atoms with Crippen LogP contribution >= 0.6 is 0 Å². The number of carbonyl (C=O) groups is 1. The average molecular weight is 196 g/mol. The zero-order valence-electron chi connectivity index (χ0n) is 7.61. The first-order chi connectivity index (χ1) is 6.45. The van der Waals surface area contributed by atoms with Gasteiger partial charge in [-0.05, 0) is 0 Å². The summed E-state index contributed by atoms with van der Waals surface area (Å²) in [6.07, 6.45) is -9.44. The molecule has 0 aliphatic heterocycles. The fourth-order valence-electron chi connectivity index (χ4n) is 0.671. The highest BCUT2D eigenvalue weighted by atomic mass is 16.4. The van der Waals surface area contributed by atoms with Gasteiger partial charge in [0.25, 0.3) is 0 Å². The van der Waals surface area contributed by atoms with Crippen molar-refractivity contribution >= 4 is 6.29 Å². The minimum atomic E-state index is -1.94. The van der Waals surface area contributed by atoms with Crippen LogP contribution in [0.3, 0.4) is 0 Å². The number of aliphatic hydroxyl groups excluding tert-OH is 5. The van der Waals surface area contributed by atoms with Crippen molar-refractivity contribution in [3.63, 3.8) is 0 Å². The molecule has 0 aliphatic carbocycles. The van der Waals surface area contributed by atoms with Crippen LogP contribution in [0.25, 0.3) is 0 Å². The lowest BCUT2D eigenvalue weighted by molar-refractivity contribution is -0.143. The van der Waals surface area contributed by atoms with Crippen molar-refractivity contribution in [1.29, 1.82) is 0 Å².